The molecule has 0 aliphatic rings. The highest BCUT2D eigenvalue weighted by Crippen LogP contribution is 2.33. The molecule has 1 rings (SSSR count). The van der Waals surface area contributed by atoms with Crippen molar-refractivity contribution < 1.29 is 9.47 Å². The number of methoxy groups -OCH3 is 1. The Bertz CT molecular complexity index is 380. The molecule has 0 saturated carbocycles. The number of rotatable bonds is 7. The van der Waals surface area contributed by atoms with E-state index < -0.39 is 0 Å². The van der Waals surface area contributed by atoms with Gasteiger partial charge in [-0.2, -0.15) is 0 Å². The fraction of sp³-hybridized carbons (Fsp3) is 0.385. The fourth-order valence-electron chi connectivity index (χ4n) is 1.43. The number of halogens is 1. The lowest BCUT2D eigenvalue weighted by atomic mass is 10.2. The van der Waals surface area contributed by atoms with Crippen LogP contribution in [0.1, 0.15) is 12.5 Å². The van der Waals surface area contributed by atoms with Crippen molar-refractivity contribution in [2.45, 2.75) is 13.5 Å². The number of nitrogens with one attached hydrogen (secondary N) is 1. The Morgan fingerprint density at radius 1 is 1.47 bits per heavy atom. The number of ether oxygens (including phenoxy) is 2. The minimum Gasteiger partial charge on any atom is -0.493 e. The second-order valence-electron chi connectivity index (χ2n) is 3.49. The molecule has 0 unspecified atom stereocenters. The molecule has 17 heavy (non-hydrogen) atoms. The normalized spacial score (nSPS) is 10.1. The maximum Gasteiger partial charge on any atom is 0.174 e. The minimum atomic E-state index is 0.485. The Labute approximate surface area is 116 Å². The molecule has 0 atom stereocenters. The summed E-state index contributed by atoms with van der Waals surface area (Å²) in [5.41, 5.74) is 1.19. The molecule has 1 aromatic rings. The number of hydrogen-bond acceptors (Lipinski definition) is 3. The van der Waals surface area contributed by atoms with E-state index in [9.17, 15) is 0 Å². The van der Waals surface area contributed by atoms with Crippen LogP contribution in [-0.2, 0) is 6.54 Å². The summed E-state index contributed by atoms with van der Waals surface area (Å²) >= 11 is 2.26. The van der Waals surface area contributed by atoms with E-state index in [1.165, 1.54) is 5.56 Å². The average Bonchev–Trinajstić information content (AvgIpc) is 2.34. The van der Waals surface area contributed by atoms with Gasteiger partial charge in [0.25, 0.3) is 0 Å². The molecule has 0 aliphatic heterocycles. The SMILES string of the molecule is C=CCOc1c(I)cc(CNCC)cc1OC. The third-order valence-electron chi connectivity index (χ3n) is 2.21. The third kappa shape index (κ3) is 4.20. The summed E-state index contributed by atoms with van der Waals surface area (Å²) in [7, 11) is 1.66. The third-order valence-corrected chi connectivity index (χ3v) is 3.02. The lowest BCUT2D eigenvalue weighted by Gasteiger charge is -2.13. The molecule has 0 amide bonds. The summed E-state index contributed by atoms with van der Waals surface area (Å²) < 4.78 is 12.0. The summed E-state index contributed by atoms with van der Waals surface area (Å²) in [6, 6.07) is 4.10. The molecule has 4 heteroatoms. The zero-order chi connectivity index (χ0) is 12.7. The molecule has 0 radical (unpaired) electrons. The van der Waals surface area contributed by atoms with Crippen molar-refractivity contribution in [2.24, 2.45) is 0 Å². The molecule has 0 aliphatic carbocycles. The molecule has 3 nitrogen and oxygen atoms in total. The van der Waals surface area contributed by atoms with Crippen LogP contribution in [0, 0.1) is 3.57 Å². The maximum absolute atomic E-state index is 5.60. The number of hydrogen-bond donors (Lipinski definition) is 1. The molecule has 1 aromatic carbocycles. The van der Waals surface area contributed by atoms with Crippen LogP contribution in [0.3, 0.4) is 0 Å². The highest BCUT2D eigenvalue weighted by Gasteiger charge is 2.10. The van der Waals surface area contributed by atoms with Gasteiger partial charge in [0.2, 0.25) is 0 Å². The lowest BCUT2D eigenvalue weighted by Crippen LogP contribution is -2.12. The first-order chi connectivity index (χ1) is 8.22. The second-order valence-corrected chi connectivity index (χ2v) is 4.65. The minimum absolute atomic E-state index is 0.485. The van der Waals surface area contributed by atoms with Crippen molar-refractivity contribution in [1.29, 1.82) is 0 Å². The Balaban J connectivity index is 2.94. The number of benzene rings is 1. The van der Waals surface area contributed by atoms with E-state index in [-0.39, 0.29) is 0 Å². The van der Waals surface area contributed by atoms with Gasteiger partial charge in [0, 0.05) is 6.54 Å². The zero-order valence-electron chi connectivity index (χ0n) is 10.3. The molecule has 0 saturated heterocycles. The van der Waals surface area contributed by atoms with Gasteiger partial charge in [-0.3, -0.25) is 0 Å². The summed E-state index contributed by atoms with van der Waals surface area (Å²) in [6.45, 7) is 8.00. The van der Waals surface area contributed by atoms with Gasteiger partial charge in [0.05, 0.1) is 10.7 Å². The predicted octanol–water partition coefficient (Wildman–Crippen LogP) is 2.97. The lowest BCUT2D eigenvalue weighted by molar-refractivity contribution is 0.324. The van der Waals surface area contributed by atoms with Crippen LogP contribution in [0.5, 0.6) is 11.5 Å². The molecule has 1 N–H and O–H groups in total. The molecular weight excluding hydrogens is 329 g/mol. The van der Waals surface area contributed by atoms with E-state index >= 15 is 0 Å². The molecular formula is C13H18INO2. The van der Waals surface area contributed by atoms with Crippen molar-refractivity contribution >= 4 is 22.6 Å². The van der Waals surface area contributed by atoms with E-state index in [1.807, 2.05) is 6.07 Å². The Hall–Kier alpha value is -0.750. The summed E-state index contributed by atoms with van der Waals surface area (Å²) in [5.74, 6) is 1.56. The largest absolute Gasteiger partial charge is 0.493 e. The summed E-state index contributed by atoms with van der Waals surface area (Å²) in [6.07, 6.45) is 1.72. The van der Waals surface area contributed by atoms with E-state index in [2.05, 4.69) is 47.5 Å². The predicted molar refractivity (Wildman–Crippen MR) is 78.8 cm³/mol. The quantitative estimate of drug-likeness (QED) is 0.608. The molecule has 0 spiro atoms. The van der Waals surface area contributed by atoms with Gasteiger partial charge in [-0.05, 0) is 46.8 Å². The molecule has 0 heterocycles. The monoisotopic (exact) mass is 347 g/mol. The van der Waals surface area contributed by atoms with Crippen LogP contribution in [0.25, 0.3) is 0 Å². The highest BCUT2D eigenvalue weighted by molar-refractivity contribution is 14.1. The average molecular weight is 347 g/mol. The first kappa shape index (κ1) is 14.3. The van der Waals surface area contributed by atoms with E-state index in [0.717, 1.165) is 28.2 Å². The van der Waals surface area contributed by atoms with E-state index in [4.69, 9.17) is 9.47 Å². The Kier molecular flexibility index (Phi) is 6.36. The van der Waals surface area contributed by atoms with E-state index in [1.54, 1.807) is 13.2 Å². The van der Waals surface area contributed by atoms with Crippen LogP contribution in [0.15, 0.2) is 24.8 Å². The molecule has 0 fully saturated rings. The van der Waals surface area contributed by atoms with Gasteiger partial charge in [-0.15, -0.1) is 0 Å². The highest BCUT2D eigenvalue weighted by atomic mass is 127. The van der Waals surface area contributed by atoms with Gasteiger partial charge in [0.15, 0.2) is 11.5 Å². The van der Waals surface area contributed by atoms with Gasteiger partial charge < -0.3 is 14.8 Å². The van der Waals surface area contributed by atoms with Crippen molar-refractivity contribution in [2.75, 3.05) is 20.3 Å². The van der Waals surface area contributed by atoms with Gasteiger partial charge in [-0.1, -0.05) is 19.6 Å². The molecule has 0 bridgehead atoms. The van der Waals surface area contributed by atoms with Gasteiger partial charge >= 0.3 is 0 Å². The maximum atomic E-state index is 5.60. The Morgan fingerprint density at radius 2 is 2.24 bits per heavy atom. The molecule has 0 aromatic heterocycles. The van der Waals surface area contributed by atoms with Crippen LogP contribution < -0.4 is 14.8 Å². The van der Waals surface area contributed by atoms with Crippen LogP contribution in [-0.4, -0.2) is 20.3 Å². The van der Waals surface area contributed by atoms with Crippen LogP contribution >= 0.6 is 22.6 Å². The summed E-state index contributed by atoms with van der Waals surface area (Å²) in [4.78, 5) is 0. The Morgan fingerprint density at radius 3 is 2.82 bits per heavy atom. The van der Waals surface area contributed by atoms with Crippen LogP contribution in [0.2, 0.25) is 0 Å². The topological polar surface area (TPSA) is 30.5 Å². The molecule has 94 valence electrons. The van der Waals surface area contributed by atoms with Crippen molar-refractivity contribution in [3.05, 3.63) is 33.9 Å². The van der Waals surface area contributed by atoms with Gasteiger partial charge in [0.1, 0.15) is 6.61 Å². The summed E-state index contributed by atoms with van der Waals surface area (Å²) in [5, 5.41) is 3.29. The van der Waals surface area contributed by atoms with Gasteiger partial charge in [-0.25, -0.2) is 0 Å². The standard InChI is InChI=1S/C13H18INO2/c1-4-6-17-13-11(14)7-10(9-15-5-2)8-12(13)16-3/h4,7-8,15H,1,5-6,9H2,2-3H3. The zero-order valence-corrected chi connectivity index (χ0v) is 12.4. The first-order valence-corrected chi connectivity index (χ1v) is 6.61. The van der Waals surface area contributed by atoms with Crippen molar-refractivity contribution in [3.8, 4) is 11.5 Å². The van der Waals surface area contributed by atoms with Crippen molar-refractivity contribution in [1.82, 2.24) is 5.32 Å². The second kappa shape index (κ2) is 7.55. The first-order valence-electron chi connectivity index (χ1n) is 5.53. The van der Waals surface area contributed by atoms with E-state index in [0.29, 0.717) is 6.61 Å². The fourth-order valence-corrected chi connectivity index (χ4v) is 2.25. The van der Waals surface area contributed by atoms with Crippen LogP contribution in [0.4, 0.5) is 0 Å². The smallest absolute Gasteiger partial charge is 0.174 e. The van der Waals surface area contributed by atoms with Crippen molar-refractivity contribution in [3.63, 3.8) is 0 Å².